The van der Waals surface area contributed by atoms with Crippen molar-refractivity contribution in [2.24, 2.45) is 11.3 Å². The number of aliphatic hydroxyl groups excluding tert-OH is 1. The Morgan fingerprint density at radius 3 is 2.44 bits per heavy atom. The van der Waals surface area contributed by atoms with E-state index < -0.39 is 0 Å². The summed E-state index contributed by atoms with van der Waals surface area (Å²) in [6.07, 6.45) is 3.02. The van der Waals surface area contributed by atoms with Crippen LogP contribution in [0.4, 0.5) is 0 Å². The first kappa shape index (κ1) is 11.9. The highest BCUT2D eigenvalue weighted by Crippen LogP contribution is 2.42. The SMILES string of the molecule is CC1(C)CCC(Cc2ccc(Cl)cc2)C1O. The number of halogens is 1. The van der Waals surface area contributed by atoms with Crippen LogP contribution in [-0.4, -0.2) is 11.2 Å². The molecule has 1 aliphatic rings. The molecule has 0 bridgehead atoms. The smallest absolute Gasteiger partial charge is 0.0622 e. The topological polar surface area (TPSA) is 20.2 Å². The number of benzene rings is 1. The van der Waals surface area contributed by atoms with Gasteiger partial charge >= 0.3 is 0 Å². The van der Waals surface area contributed by atoms with Crippen molar-refractivity contribution in [3.8, 4) is 0 Å². The van der Waals surface area contributed by atoms with E-state index in [0.29, 0.717) is 5.92 Å². The molecule has 1 aliphatic carbocycles. The first-order valence-electron chi connectivity index (χ1n) is 5.91. The Labute approximate surface area is 102 Å². The lowest BCUT2D eigenvalue weighted by Crippen LogP contribution is -2.28. The van der Waals surface area contributed by atoms with Crippen molar-refractivity contribution in [2.45, 2.75) is 39.2 Å². The fourth-order valence-electron chi connectivity index (χ4n) is 2.64. The largest absolute Gasteiger partial charge is 0.392 e. The van der Waals surface area contributed by atoms with E-state index in [2.05, 4.69) is 26.0 Å². The summed E-state index contributed by atoms with van der Waals surface area (Å²) in [4.78, 5) is 0. The van der Waals surface area contributed by atoms with E-state index in [1.165, 1.54) is 5.56 Å². The molecule has 0 saturated heterocycles. The molecule has 0 heterocycles. The predicted octanol–water partition coefficient (Wildman–Crippen LogP) is 3.68. The molecule has 0 aromatic heterocycles. The van der Waals surface area contributed by atoms with E-state index in [0.717, 1.165) is 24.3 Å². The van der Waals surface area contributed by atoms with Crippen molar-refractivity contribution < 1.29 is 5.11 Å². The highest BCUT2D eigenvalue weighted by Gasteiger charge is 2.40. The van der Waals surface area contributed by atoms with Crippen LogP contribution in [-0.2, 0) is 6.42 Å². The van der Waals surface area contributed by atoms with Crippen molar-refractivity contribution in [1.82, 2.24) is 0 Å². The Morgan fingerprint density at radius 1 is 1.31 bits per heavy atom. The van der Waals surface area contributed by atoms with Gasteiger partial charge in [0.2, 0.25) is 0 Å². The second kappa shape index (κ2) is 4.38. The molecule has 0 radical (unpaired) electrons. The summed E-state index contributed by atoms with van der Waals surface area (Å²) in [5, 5.41) is 11.0. The Bertz CT molecular complexity index is 356. The van der Waals surface area contributed by atoms with Gasteiger partial charge in [-0.25, -0.2) is 0 Å². The molecule has 2 unspecified atom stereocenters. The number of hydrogen-bond donors (Lipinski definition) is 1. The van der Waals surface area contributed by atoms with Crippen LogP contribution in [0.5, 0.6) is 0 Å². The minimum atomic E-state index is -0.178. The molecule has 1 fully saturated rings. The summed E-state index contributed by atoms with van der Waals surface area (Å²) in [5.74, 6) is 0.399. The monoisotopic (exact) mass is 238 g/mol. The van der Waals surface area contributed by atoms with Gasteiger partial charge in [0.1, 0.15) is 0 Å². The molecular formula is C14H19ClO. The number of aliphatic hydroxyl groups is 1. The molecule has 1 saturated carbocycles. The van der Waals surface area contributed by atoms with Gasteiger partial charge in [-0.3, -0.25) is 0 Å². The van der Waals surface area contributed by atoms with Crippen molar-refractivity contribution in [1.29, 1.82) is 0 Å². The lowest BCUT2D eigenvalue weighted by molar-refractivity contribution is 0.0462. The molecule has 1 aromatic carbocycles. The van der Waals surface area contributed by atoms with Gasteiger partial charge in [-0.1, -0.05) is 37.6 Å². The van der Waals surface area contributed by atoms with Crippen molar-refractivity contribution in [3.05, 3.63) is 34.9 Å². The zero-order valence-corrected chi connectivity index (χ0v) is 10.7. The zero-order chi connectivity index (χ0) is 11.8. The van der Waals surface area contributed by atoms with Crippen LogP contribution in [0.1, 0.15) is 32.3 Å². The third-order valence-corrected chi connectivity index (χ3v) is 4.07. The molecule has 0 amide bonds. The molecular weight excluding hydrogens is 220 g/mol. The third-order valence-electron chi connectivity index (χ3n) is 3.82. The minimum absolute atomic E-state index is 0.0804. The lowest BCUT2D eigenvalue weighted by Gasteiger charge is -2.25. The quantitative estimate of drug-likeness (QED) is 0.834. The zero-order valence-electron chi connectivity index (χ0n) is 9.91. The molecule has 88 valence electrons. The molecule has 2 rings (SSSR count). The van der Waals surface area contributed by atoms with Crippen LogP contribution >= 0.6 is 11.6 Å². The van der Waals surface area contributed by atoms with Crippen LogP contribution in [0.25, 0.3) is 0 Å². The first-order valence-corrected chi connectivity index (χ1v) is 6.29. The summed E-state index contributed by atoms with van der Waals surface area (Å²) in [5.41, 5.74) is 1.35. The van der Waals surface area contributed by atoms with E-state index in [1.54, 1.807) is 0 Å². The van der Waals surface area contributed by atoms with Crippen molar-refractivity contribution in [2.75, 3.05) is 0 Å². The van der Waals surface area contributed by atoms with Crippen LogP contribution in [0.3, 0.4) is 0 Å². The van der Waals surface area contributed by atoms with Crippen molar-refractivity contribution >= 4 is 11.6 Å². The van der Waals surface area contributed by atoms with Gasteiger partial charge in [0, 0.05) is 5.02 Å². The molecule has 1 N–H and O–H groups in total. The summed E-state index contributed by atoms with van der Waals surface area (Å²) < 4.78 is 0. The predicted molar refractivity (Wildman–Crippen MR) is 67.7 cm³/mol. The second-order valence-electron chi connectivity index (χ2n) is 5.56. The van der Waals surface area contributed by atoms with E-state index in [4.69, 9.17) is 11.6 Å². The average Bonchev–Trinajstić information content (AvgIpc) is 2.49. The third kappa shape index (κ3) is 2.41. The summed E-state index contributed by atoms with van der Waals surface area (Å²) >= 11 is 5.85. The highest BCUT2D eigenvalue weighted by molar-refractivity contribution is 6.30. The number of hydrogen-bond acceptors (Lipinski definition) is 1. The Balaban J connectivity index is 2.04. The molecule has 0 spiro atoms. The van der Waals surface area contributed by atoms with Gasteiger partial charge < -0.3 is 5.11 Å². The fraction of sp³-hybridized carbons (Fsp3) is 0.571. The molecule has 0 aliphatic heterocycles. The van der Waals surface area contributed by atoms with Gasteiger partial charge in [-0.2, -0.15) is 0 Å². The summed E-state index contributed by atoms with van der Waals surface area (Å²) in [7, 11) is 0. The average molecular weight is 239 g/mol. The Morgan fingerprint density at radius 2 is 1.94 bits per heavy atom. The lowest BCUT2D eigenvalue weighted by atomic mass is 9.85. The maximum Gasteiger partial charge on any atom is 0.0622 e. The van der Waals surface area contributed by atoms with Crippen LogP contribution < -0.4 is 0 Å². The van der Waals surface area contributed by atoms with Gasteiger partial charge in [0.05, 0.1) is 6.10 Å². The Kier molecular flexibility index (Phi) is 3.27. The van der Waals surface area contributed by atoms with E-state index >= 15 is 0 Å². The first-order chi connectivity index (χ1) is 7.49. The van der Waals surface area contributed by atoms with Crippen LogP contribution in [0, 0.1) is 11.3 Å². The van der Waals surface area contributed by atoms with Gasteiger partial charge in [0.15, 0.2) is 0 Å². The van der Waals surface area contributed by atoms with E-state index in [-0.39, 0.29) is 11.5 Å². The van der Waals surface area contributed by atoms with Gasteiger partial charge in [0.25, 0.3) is 0 Å². The maximum atomic E-state index is 10.2. The van der Waals surface area contributed by atoms with Gasteiger partial charge in [-0.15, -0.1) is 0 Å². The standard InChI is InChI=1S/C14H19ClO/c1-14(2)8-7-11(13(14)16)9-10-3-5-12(15)6-4-10/h3-6,11,13,16H,7-9H2,1-2H3. The molecule has 16 heavy (non-hydrogen) atoms. The minimum Gasteiger partial charge on any atom is -0.392 e. The summed E-state index contributed by atoms with van der Waals surface area (Å²) in [6.45, 7) is 4.30. The Hall–Kier alpha value is -0.530. The van der Waals surface area contributed by atoms with Gasteiger partial charge in [-0.05, 0) is 48.3 Å². The second-order valence-corrected chi connectivity index (χ2v) is 6.00. The number of rotatable bonds is 2. The fourth-order valence-corrected chi connectivity index (χ4v) is 2.76. The molecule has 2 heteroatoms. The van der Waals surface area contributed by atoms with Crippen LogP contribution in [0.2, 0.25) is 5.02 Å². The molecule has 2 atom stereocenters. The maximum absolute atomic E-state index is 10.2. The molecule has 1 aromatic rings. The van der Waals surface area contributed by atoms with Crippen LogP contribution in [0.15, 0.2) is 24.3 Å². The molecule has 1 nitrogen and oxygen atoms in total. The van der Waals surface area contributed by atoms with E-state index in [1.807, 2.05) is 12.1 Å². The summed E-state index contributed by atoms with van der Waals surface area (Å²) in [6, 6.07) is 7.95. The van der Waals surface area contributed by atoms with Crippen molar-refractivity contribution in [3.63, 3.8) is 0 Å². The normalized spacial score (nSPS) is 28.2. The van der Waals surface area contributed by atoms with E-state index in [9.17, 15) is 5.11 Å². The highest BCUT2D eigenvalue weighted by atomic mass is 35.5.